The second kappa shape index (κ2) is 8.43. The number of hydrogen-bond acceptors (Lipinski definition) is 6. The van der Waals surface area contributed by atoms with Gasteiger partial charge >= 0.3 is 0 Å². The zero-order valence-electron chi connectivity index (χ0n) is 16.1. The Morgan fingerprint density at radius 1 is 1.11 bits per heavy atom. The Morgan fingerprint density at radius 3 is 2.39 bits per heavy atom. The summed E-state index contributed by atoms with van der Waals surface area (Å²) in [6, 6.07) is 8.86. The maximum atomic E-state index is 12.6. The summed E-state index contributed by atoms with van der Waals surface area (Å²) in [5.41, 5.74) is 1.94. The largest absolute Gasteiger partial charge is 0.493 e. The second-order valence-corrected chi connectivity index (χ2v) is 7.56. The molecule has 0 radical (unpaired) electrons. The fourth-order valence-electron chi connectivity index (χ4n) is 2.87. The highest BCUT2D eigenvalue weighted by Gasteiger charge is 2.23. The van der Waals surface area contributed by atoms with Crippen molar-refractivity contribution in [2.45, 2.75) is 23.6 Å². The highest BCUT2D eigenvalue weighted by atomic mass is 32.2. The van der Waals surface area contributed by atoms with Crippen LogP contribution in [0.4, 0.5) is 5.69 Å². The molecular weight excluding hydrogens is 380 g/mol. The smallest absolute Gasteiger partial charge is 0.251 e. The Morgan fingerprint density at radius 2 is 1.79 bits per heavy atom. The van der Waals surface area contributed by atoms with Gasteiger partial charge in [-0.15, -0.1) is 11.8 Å². The van der Waals surface area contributed by atoms with Crippen LogP contribution >= 0.6 is 11.8 Å². The lowest BCUT2D eigenvalue weighted by atomic mass is 10.1. The Balaban J connectivity index is 1.74. The summed E-state index contributed by atoms with van der Waals surface area (Å²) in [4.78, 5) is 25.4. The molecule has 28 heavy (non-hydrogen) atoms. The van der Waals surface area contributed by atoms with Crippen LogP contribution in [0, 0.1) is 0 Å². The highest BCUT2D eigenvalue weighted by molar-refractivity contribution is 8.00. The van der Waals surface area contributed by atoms with Crippen molar-refractivity contribution in [1.82, 2.24) is 5.32 Å². The summed E-state index contributed by atoms with van der Waals surface area (Å²) >= 11 is 1.48. The molecule has 7 nitrogen and oxygen atoms in total. The number of carbonyl (C=O) groups is 2. The molecule has 148 valence electrons. The molecular formula is C20H22N2O5S. The molecule has 0 spiro atoms. The lowest BCUT2D eigenvalue weighted by Gasteiger charge is -2.21. The third-order valence-corrected chi connectivity index (χ3v) is 5.53. The molecule has 0 unspecified atom stereocenters. The Kier molecular flexibility index (Phi) is 5.99. The minimum Gasteiger partial charge on any atom is -0.493 e. The van der Waals surface area contributed by atoms with Gasteiger partial charge in [0.05, 0.1) is 32.3 Å². The zero-order chi connectivity index (χ0) is 20.3. The van der Waals surface area contributed by atoms with E-state index in [0.717, 1.165) is 10.5 Å². The second-order valence-electron chi connectivity index (χ2n) is 6.18. The van der Waals surface area contributed by atoms with Crippen molar-refractivity contribution < 1.29 is 23.8 Å². The molecule has 1 aliphatic heterocycles. The average molecular weight is 402 g/mol. The van der Waals surface area contributed by atoms with E-state index in [4.69, 9.17) is 14.2 Å². The number of fused-ring (bicyclic) bond motifs is 1. The predicted octanol–water partition coefficient (Wildman–Crippen LogP) is 3.08. The van der Waals surface area contributed by atoms with Gasteiger partial charge in [0.2, 0.25) is 11.7 Å². The fraction of sp³-hybridized carbons (Fsp3) is 0.300. The first-order chi connectivity index (χ1) is 13.5. The molecule has 1 atom stereocenters. The summed E-state index contributed by atoms with van der Waals surface area (Å²) in [5.74, 6) is 1.24. The van der Waals surface area contributed by atoms with Crippen molar-refractivity contribution in [2.75, 3.05) is 26.6 Å². The highest BCUT2D eigenvalue weighted by Crippen LogP contribution is 2.38. The molecule has 2 aromatic carbocycles. The molecule has 1 aliphatic rings. The summed E-state index contributed by atoms with van der Waals surface area (Å²) in [6.07, 6.45) is 0. The quantitative estimate of drug-likeness (QED) is 0.772. The molecule has 0 aromatic heterocycles. The molecule has 1 heterocycles. The van der Waals surface area contributed by atoms with Gasteiger partial charge in [-0.1, -0.05) is 0 Å². The van der Waals surface area contributed by atoms with Gasteiger partial charge in [0.15, 0.2) is 11.5 Å². The van der Waals surface area contributed by atoms with Crippen LogP contribution in [0.3, 0.4) is 0 Å². The predicted molar refractivity (Wildman–Crippen MR) is 108 cm³/mol. The van der Waals surface area contributed by atoms with E-state index in [0.29, 0.717) is 28.5 Å². The van der Waals surface area contributed by atoms with E-state index >= 15 is 0 Å². The Bertz CT molecular complexity index is 890. The third-order valence-electron chi connectivity index (χ3n) is 4.35. The van der Waals surface area contributed by atoms with Gasteiger partial charge in [0, 0.05) is 17.0 Å². The number of hydrogen-bond donors (Lipinski definition) is 2. The van der Waals surface area contributed by atoms with Crippen molar-refractivity contribution in [3.8, 4) is 17.2 Å². The topological polar surface area (TPSA) is 85.9 Å². The van der Waals surface area contributed by atoms with Gasteiger partial charge in [0.25, 0.3) is 5.91 Å². The van der Waals surface area contributed by atoms with Crippen LogP contribution in [-0.2, 0) is 11.3 Å². The van der Waals surface area contributed by atoms with E-state index in [2.05, 4.69) is 10.6 Å². The summed E-state index contributed by atoms with van der Waals surface area (Å²) in [5, 5.41) is 5.56. The Labute approximate surface area is 167 Å². The number of anilines is 1. The number of carbonyl (C=O) groups excluding carboxylic acids is 2. The van der Waals surface area contributed by atoms with Gasteiger partial charge in [0.1, 0.15) is 0 Å². The Hall–Kier alpha value is -2.87. The molecule has 0 saturated heterocycles. The first kappa shape index (κ1) is 19.9. The summed E-state index contributed by atoms with van der Waals surface area (Å²) < 4.78 is 16.0. The molecule has 2 amide bonds. The number of rotatable bonds is 6. The molecule has 8 heteroatoms. The van der Waals surface area contributed by atoms with E-state index in [1.165, 1.54) is 18.9 Å². The molecule has 0 saturated carbocycles. The average Bonchev–Trinajstić information content (AvgIpc) is 2.71. The standard InChI is InChI=1S/C20H22N2O5S/c1-11-19(23)22-14-9-13(5-6-17(14)28-11)20(24)21-10-12-7-15(25-2)18(27-4)16(8-12)26-3/h5-9,11H,10H2,1-4H3,(H,21,24)(H,22,23)/t11-/m1/s1. The minimum atomic E-state index is -0.241. The van der Waals surface area contributed by atoms with Crippen LogP contribution in [0.1, 0.15) is 22.8 Å². The van der Waals surface area contributed by atoms with Crippen LogP contribution in [0.5, 0.6) is 17.2 Å². The molecule has 3 rings (SSSR count). The monoisotopic (exact) mass is 402 g/mol. The molecule has 2 aromatic rings. The van der Waals surface area contributed by atoms with Gasteiger partial charge < -0.3 is 24.8 Å². The van der Waals surface area contributed by atoms with E-state index in [1.54, 1.807) is 38.5 Å². The number of amides is 2. The number of nitrogens with one attached hydrogen (secondary N) is 2. The molecule has 0 aliphatic carbocycles. The minimum absolute atomic E-state index is 0.0625. The van der Waals surface area contributed by atoms with Crippen molar-refractivity contribution in [3.05, 3.63) is 41.5 Å². The SMILES string of the molecule is COc1cc(CNC(=O)c2ccc3c(c2)NC(=O)[C@@H](C)S3)cc(OC)c1OC. The zero-order valence-corrected chi connectivity index (χ0v) is 16.9. The van der Waals surface area contributed by atoms with Gasteiger partial charge in [-0.05, 0) is 42.8 Å². The van der Waals surface area contributed by atoms with Crippen molar-refractivity contribution >= 4 is 29.3 Å². The fourth-order valence-corrected chi connectivity index (χ4v) is 3.80. The van der Waals surface area contributed by atoms with E-state index in [9.17, 15) is 9.59 Å². The maximum absolute atomic E-state index is 12.6. The third kappa shape index (κ3) is 4.01. The summed E-state index contributed by atoms with van der Waals surface area (Å²) in [6.45, 7) is 2.13. The maximum Gasteiger partial charge on any atom is 0.251 e. The lowest BCUT2D eigenvalue weighted by Crippen LogP contribution is -2.27. The number of ether oxygens (including phenoxy) is 3. The van der Waals surface area contributed by atoms with Gasteiger partial charge in [-0.3, -0.25) is 9.59 Å². The van der Waals surface area contributed by atoms with Gasteiger partial charge in [-0.2, -0.15) is 0 Å². The lowest BCUT2D eigenvalue weighted by molar-refractivity contribution is -0.115. The van der Waals surface area contributed by atoms with Crippen molar-refractivity contribution in [2.24, 2.45) is 0 Å². The molecule has 0 bridgehead atoms. The first-order valence-corrected chi connectivity index (χ1v) is 9.53. The molecule has 0 fully saturated rings. The van der Waals surface area contributed by atoms with Crippen LogP contribution < -0.4 is 24.8 Å². The van der Waals surface area contributed by atoms with Crippen LogP contribution in [-0.4, -0.2) is 38.4 Å². The van der Waals surface area contributed by atoms with E-state index in [1.807, 2.05) is 13.0 Å². The van der Waals surface area contributed by atoms with Crippen LogP contribution in [0.15, 0.2) is 35.2 Å². The number of methoxy groups -OCH3 is 3. The molecule has 2 N–H and O–H groups in total. The van der Waals surface area contributed by atoms with Crippen LogP contribution in [0.2, 0.25) is 0 Å². The number of thioether (sulfide) groups is 1. The van der Waals surface area contributed by atoms with Crippen molar-refractivity contribution in [1.29, 1.82) is 0 Å². The van der Waals surface area contributed by atoms with E-state index < -0.39 is 0 Å². The van der Waals surface area contributed by atoms with Crippen LogP contribution in [0.25, 0.3) is 0 Å². The van der Waals surface area contributed by atoms with E-state index in [-0.39, 0.29) is 23.6 Å². The number of benzene rings is 2. The van der Waals surface area contributed by atoms with Crippen molar-refractivity contribution in [3.63, 3.8) is 0 Å². The normalized spacial score (nSPS) is 15.3. The summed E-state index contributed by atoms with van der Waals surface area (Å²) in [7, 11) is 4.62. The van der Waals surface area contributed by atoms with Gasteiger partial charge in [-0.25, -0.2) is 0 Å². The first-order valence-electron chi connectivity index (χ1n) is 8.65.